The van der Waals surface area contributed by atoms with Crippen molar-refractivity contribution in [3.8, 4) is 5.75 Å². The summed E-state index contributed by atoms with van der Waals surface area (Å²) in [4.78, 5) is 11.1. The van der Waals surface area contributed by atoms with Crippen LogP contribution in [0.1, 0.15) is 99.9 Å². The van der Waals surface area contributed by atoms with E-state index in [1.807, 2.05) is 0 Å². The van der Waals surface area contributed by atoms with E-state index in [2.05, 4.69) is 6.92 Å². The van der Waals surface area contributed by atoms with Crippen molar-refractivity contribution in [2.75, 3.05) is 0 Å². The van der Waals surface area contributed by atoms with Crippen LogP contribution in [0.15, 0.2) is 18.2 Å². The summed E-state index contributed by atoms with van der Waals surface area (Å²) in [5.41, 5.74) is 0.958. The van der Waals surface area contributed by atoms with E-state index in [-0.39, 0.29) is 40.9 Å². The molecule has 0 heterocycles. The largest absolute Gasteiger partial charge is 1.00 e. The van der Waals surface area contributed by atoms with Crippen molar-refractivity contribution in [3.05, 3.63) is 29.3 Å². The van der Waals surface area contributed by atoms with Crippen LogP contribution < -0.4 is 34.7 Å². The van der Waals surface area contributed by atoms with Gasteiger partial charge in [-0.1, -0.05) is 89.7 Å². The summed E-state index contributed by atoms with van der Waals surface area (Å²) in [6.45, 7) is 2.25. The van der Waals surface area contributed by atoms with Crippen LogP contribution in [0.5, 0.6) is 5.75 Å². The number of carboxylic acid groups (broad SMARTS) is 1. The molecule has 0 atom stereocenters. The molecule has 1 rings (SSSR count). The van der Waals surface area contributed by atoms with Crippen LogP contribution in [0.3, 0.4) is 0 Å². The van der Waals surface area contributed by atoms with E-state index in [4.69, 9.17) is 5.11 Å². The summed E-state index contributed by atoms with van der Waals surface area (Å²) >= 11 is 0. The van der Waals surface area contributed by atoms with Crippen LogP contribution in [0.4, 0.5) is 0 Å². The number of aromatic carboxylic acids is 1. The Kier molecular flexibility index (Phi) is 15.4. The first-order valence-corrected chi connectivity index (χ1v) is 9.68. The van der Waals surface area contributed by atoms with Crippen molar-refractivity contribution >= 4 is 5.97 Å². The Morgan fingerprint density at radius 3 is 1.84 bits per heavy atom. The molecule has 0 fully saturated rings. The molecule has 136 valence electrons. The van der Waals surface area contributed by atoms with E-state index in [9.17, 15) is 9.90 Å². The smallest absolute Gasteiger partial charge is 0.872 e. The third-order valence-electron chi connectivity index (χ3n) is 4.61. The van der Waals surface area contributed by atoms with E-state index in [1.165, 1.54) is 82.4 Å². The zero-order valence-electron chi connectivity index (χ0n) is 16.2. The summed E-state index contributed by atoms with van der Waals surface area (Å²) in [6.07, 6.45) is 16.1. The molecule has 0 saturated heterocycles. The number of carboxylic acids is 1. The van der Waals surface area contributed by atoms with Crippen molar-refractivity contribution < 1.29 is 44.6 Å². The molecule has 1 aromatic rings. The summed E-state index contributed by atoms with van der Waals surface area (Å²) in [5, 5.41) is 20.5. The van der Waals surface area contributed by atoms with Crippen LogP contribution in [-0.4, -0.2) is 11.1 Å². The Hall–Kier alpha value is -0.510. The molecular formula is C21H33NaO3. The number of unbranched alkanes of at least 4 members (excludes halogenated alkanes) is 11. The first-order chi connectivity index (χ1) is 11.6. The zero-order valence-corrected chi connectivity index (χ0v) is 18.2. The summed E-state index contributed by atoms with van der Waals surface area (Å²) in [7, 11) is 0. The van der Waals surface area contributed by atoms with Gasteiger partial charge in [0.2, 0.25) is 0 Å². The third kappa shape index (κ3) is 11.7. The van der Waals surface area contributed by atoms with Crippen LogP contribution in [0, 0.1) is 0 Å². The molecule has 0 bridgehead atoms. The average Bonchev–Trinajstić information content (AvgIpc) is 2.55. The van der Waals surface area contributed by atoms with Gasteiger partial charge in [-0.2, -0.15) is 0 Å². The van der Waals surface area contributed by atoms with Gasteiger partial charge in [0.25, 0.3) is 0 Å². The molecule has 0 spiro atoms. The molecule has 0 saturated carbocycles. The van der Waals surface area contributed by atoms with Gasteiger partial charge in [0.1, 0.15) is 0 Å². The second-order valence-corrected chi connectivity index (χ2v) is 6.76. The van der Waals surface area contributed by atoms with Crippen molar-refractivity contribution in [2.45, 2.75) is 90.4 Å². The van der Waals surface area contributed by atoms with E-state index in [0.29, 0.717) is 12.0 Å². The summed E-state index contributed by atoms with van der Waals surface area (Å²) in [5.74, 6) is -1.04. The van der Waals surface area contributed by atoms with Gasteiger partial charge in [0.05, 0.1) is 5.56 Å². The molecule has 25 heavy (non-hydrogen) atoms. The van der Waals surface area contributed by atoms with Crippen LogP contribution in [0.25, 0.3) is 0 Å². The van der Waals surface area contributed by atoms with Crippen molar-refractivity contribution in [2.24, 2.45) is 0 Å². The van der Waals surface area contributed by atoms with Crippen LogP contribution in [-0.2, 0) is 6.42 Å². The van der Waals surface area contributed by atoms with Crippen LogP contribution in [0.2, 0.25) is 0 Å². The van der Waals surface area contributed by atoms with Crippen molar-refractivity contribution in [1.82, 2.24) is 0 Å². The van der Waals surface area contributed by atoms with E-state index in [0.717, 1.165) is 12.8 Å². The Morgan fingerprint density at radius 1 is 0.880 bits per heavy atom. The summed E-state index contributed by atoms with van der Waals surface area (Å²) < 4.78 is 0. The standard InChI is InChI=1S/C21H34O3.Na/c1-2-3-4-5-6-7-8-9-10-11-12-13-14-18-17-19(22)15-16-20(18)21(23)24;/h15-17,22H,2-14H2,1H3,(H,23,24);/q;+1/p-1. The van der Waals surface area contributed by atoms with Gasteiger partial charge in [-0.25, -0.2) is 4.79 Å². The first kappa shape index (κ1) is 24.5. The number of hydrogen-bond donors (Lipinski definition) is 1. The molecule has 0 radical (unpaired) electrons. The van der Waals surface area contributed by atoms with Crippen molar-refractivity contribution in [1.29, 1.82) is 0 Å². The quantitative estimate of drug-likeness (QED) is 0.412. The molecule has 0 unspecified atom stereocenters. The molecule has 0 aliphatic heterocycles. The Morgan fingerprint density at radius 2 is 1.36 bits per heavy atom. The topological polar surface area (TPSA) is 60.4 Å². The van der Waals surface area contributed by atoms with Gasteiger partial charge in [0, 0.05) is 0 Å². The van der Waals surface area contributed by atoms with Gasteiger partial charge in [-0.3, -0.25) is 0 Å². The second kappa shape index (κ2) is 15.7. The SMILES string of the molecule is CCCCCCCCCCCCCCc1cc([O-])ccc1C(=O)O.[Na+]. The zero-order chi connectivity index (χ0) is 17.6. The Bertz CT molecular complexity index is 474. The predicted octanol–water partition coefficient (Wildman–Crippen LogP) is 2.71. The maximum absolute atomic E-state index is 11.4. The molecular weight excluding hydrogens is 323 g/mol. The molecule has 0 aromatic heterocycles. The monoisotopic (exact) mass is 356 g/mol. The molecule has 0 aliphatic carbocycles. The first-order valence-electron chi connectivity index (χ1n) is 9.68. The Balaban J connectivity index is 0.00000576. The summed E-state index contributed by atoms with van der Waals surface area (Å²) in [6, 6.07) is 4.23. The number of hydrogen-bond acceptors (Lipinski definition) is 2. The molecule has 4 heteroatoms. The number of carbonyl (C=O) groups is 1. The number of aryl methyl sites for hydroxylation is 1. The van der Waals surface area contributed by atoms with E-state index in [1.54, 1.807) is 0 Å². The maximum atomic E-state index is 11.4. The van der Waals surface area contributed by atoms with Crippen molar-refractivity contribution in [3.63, 3.8) is 0 Å². The molecule has 0 aliphatic rings. The van der Waals surface area contributed by atoms with Crippen LogP contribution >= 0.6 is 0 Å². The fraction of sp³-hybridized carbons (Fsp3) is 0.667. The maximum Gasteiger partial charge on any atom is 1.00 e. The van der Waals surface area contributed by atoms with Gasteiger partial charge in [-0.15, -0.1) is 5.75 Å². The third-order valence-corrected chi connectivity index (χ3v) is 4.61. The fourth-order valence-electron chi connectivity index (χ4n) is 3.14. The fourth-order valence-corrected chi connectivity index (χ4v) is 3.14. The Labute approximate surface area is 175 Å². The van der Waals surface area contributed by atoms with E-state index >= 15 is 0 Å². The van der Waals surface area contributed by atoms with Gasteiger partial charge in [0.15, 0.2) is 0 Å². The minimum Gasteiger partial charge on any atom is -0.872 e. The molecule has 3 nitrogen and oxygen atoms in total. The second-order valence-electron chi connectivity index (χ2n) is 6.76. The minimum absolute atomic E-state index is 0. The predicted molar refractivity (Wildman–Crippen MR) is 97.6 cm³/mol. The molecule has 1 aromatic carbocycles. The van der Waals surface area contributed by atoms with Gasteiger partial charge < -0.3 is 10.2 Å². The number of rotatable bonds is 14. The molecule has 1 N–H and O–H groups in total. The number of benzene rings is 1. The molecule has 0 amide bonds. The van der Waals surface area contributed by atoms with Gasteiger partial charge >= 0.3 is 35.5 Å². The minimum atomic E-state index is -0.941. The normalized spacial score (nSPS) is 10.4. The van der Waals surface area contributed by atoms with Gasteiger partial charge in [-0.05, 0) is 24.5 Å². The average molecular weight is 356 g/mol. The van der Waals surface area contributed by atoms with E-state index < -0.39 is 5.97 Å².